The quantitative estimate of drug-likeness (QED) is 0.379. The van der Waals surface area contributed by atoms with Crippen molar-refractivity contribution in [2.24, 2.45) is 0 Å². The van der Waals surface area contributed by atoms with Gasteiger partial charge < -0.3 is 0 Å². The normalized spacial score (nSPS) is 11.5. The fraction of sp³-hybridized carbons (Fsp3) is 0.0370. The van der Waals surface area contributed by atoms with E-state index in [1.54, 1.807) is 4.57 Å². The average molecular weight is 388 g/mol. The van der Waals surface area contributed by atoms with Crippen LogP contribution < -0.4 is 5.56 Å². The SMILES string of the molecule is Cc1cccc(-n2c(/C=C/c3cccc4ccccc34)nc3ccccc3c2=O)c1. The number of nitrogens with zero attached hydrogens (tertiary/aromatic N) is 2. The molecule has 30 heavy (non-hydrogen) atoms. The second-order valence-corrected chi connectivity index (χ2v) is 7.37. The van der Waals surface area contributed by atoms with E-state index in [4.69, 9.17) is 4.98 Å². The minimum Gasteiger partial charge on any atom is -0.268 e. The van der Waals surface area contributed by atoms with Gasteiger partial charge in [-0.3, -0.25) is 9.36 Å². The van der Waals surface area contributed by atoms with Gasteiger partial charge in [0.25, 0.3) is 5.56 Å². The topological polar surface area (TPSA) is 34.9 Å². The fourth-order valence-electron chi connectivity index (χ4n) is 3.84. The van der Waals surface area contributed by atoms with E-state index in [0.29, 0.717) is 16.7 Å². The van der Waals surface area contributed by atoms with E-state index in [1.165, 1.54) is 10.8 Å². The zero-order valence-electron chi connectivity index (χ0n) is 16.6. The van der Waals surface area contributed by atoms with Crippen LogP contribution in [0.15, 0.2) is 95.8 Å². The van der Waals surface area contributed by atoms with Crippen molar-refractivity contribution in [3.63, 3.8) is 0 Å². The Kier molecular flexibility index (Phi) is 4.49. The summed E-state index contributed by atoms with van der Waals surface area (Å²) in [5.41, 5.74) is 3.63. The van der Waals surface area contributed by atoms with Gasteiger partial charge in [0, 0.05) is 0 Å². The van der Waals surface area contributed by atoms with Gasteiger partial charge in [-0.05, 0) is 59.2 Å². The number of hydrogen-bond donors (Lipinski definition) is 0. The number of hydrogen-bond acceptors (Lipinski definition) is 2. The summed E-state index contributed by atoms with van der Waals surface area (Å²) in [5, 5.41) is 2.96. The molecule has 144 valence electrons. The summed E-state index contributed by atoms with van der Waals surface area (Å²) in [6.07, 6.45) is 3.96. The van der Waals surface area contributed by atoms with E-state index < -0.39 is 0 Å². The fourth-order valence-corrected chi connectivity index (χ4v) is 3.84. The lowest BCUT2D eigenvalue weighted by molar-refractivity contribution is 0.942. The second-order valence-electron chi connectivity index (χ2n) is 7.37. The van der Waals surface area contributed by atoms with Gasteiger partial charge in [-0.2, -0.15) is 0 Å². The van der Waals surface area contributed by atoms with Crippen LogP contribution in [0.25, 0.3) is 39.5 Å². The third-order valence-electron chi connectivity index (χ3n) is 5.30. The molecule has 0 bridgehead atoms. The minimum absolute atomic E-state index is 0.0660. The molecule has 0 atom stereocenters. The maximum Gasteiger partial charge on any atom is 0.266 e. The van der Waals surface area contributed by atoms with Crippen LogP contribution in [0, 0.1) is 6.92 Å². The molecular formula is C27H20N2O. The molecule has 5 aromatic rings. The molecule has 3 heteroatoms. The van der Waals surface area contributed by atoms with E-state index in [0.717, 1.165) is 16.8 Å². The molecule has 1 aromatic heterocycles. The molecule has 4 aromatic carbocycles. The number of rotatable bonds is 3. The zero-order valence-corrected chi connectivity index (χ0v) is 16.6. The summed E-state index contributed by atoms with van der Waals surface area (Å²) >= 11 is 0. The Balaban J connectivity index is 1.74. The van der Waals surface area contributed by atoms with Crippen molar-refractivity contribution >= 4 is 33.8 Å². The molecule has 3 nitrogen and oxygen atoms in total. The number of benzene rings is 4. The van der Waals surface area contributed by atoms with Crippen molar-refractivity contribution in [3.05, 3.63) is 118 Å². The Morgan fingerprint density at radius 3 is 2.37 bits per heavy atom. The van der Waals surface area contributed by atoms with Crippen LogP contribution in [0.3, 0.4) is 0 Å². The van der Waals surface area contributed by atoms with Crippen molar-refractivity contribution in [1.82, 2.24) is 9.55 Å². The summed E-state index contributed by atoms with van der Waals surface area (Å²) in [5.74, 6) is 0.609. The first-order valence-corrected chi connectivity index (χ1v) is 9.95. The highest BCUT2D eigenvalue weighted by Crippen LogP contribution is 2.21. The van der Waals surface area contributed by atoms with Gasteiger partial charge in [0.15, 0.2) is 0 Å². The molecule has 5 rings (SSSR count). The number of para-hydroxylation sites is 1. The monoisotopic (exact) mass is 388 g/mol. The van der Waals surface area contributed by atoms with Gasteiger partial charge in [-0.1, -0.05) is 72.8 Å². The zero-order chi connectivity index (χ0) is 20.5. The molecule has 0 fully saturated rings. The van der Waals surface area contributed by atoms with Gasteiger partial charge >= 0.3 is 0 Å². The van der Waals surface area contributed by atoms with Crippen LogP contribution in [0.2, 0.25) is 0 Å². The summed E-state index contributed by atoms with van der Waals surface area (Å²) in [7, 11) is 0. The standard InChI is InChI=1S/C27H20N2O/c1-19-8-6-12-22(18-19)29-26(28-25-15-5-4-14-24(25)27(29)30)17-16-21-11-7-10-20-9-2-3-13-23(20)21/h2-18H,1H3/b17-16+. The highest BCUT2D eigenvalue weighted by molar-refractivity contribution is 5.92. The molecule has 0 saturated carbocycles. The van der Waals surface area contributed by atoms with E-state index in [9.17, 15) is 4.79 Å². The van der Waals surface area contributed by atoms with Crippen LogP contribution in [0.4, 0.5) is 0 Å². The third kappa shape index (κ3) is 3.20. The summed E-state index contributed by atoms with van der Waals surface area (Å²) in [4.78, 5) is 18.2. The van der Waals surface area contributed by atoms with Crippen LogP contribution >= 0.6 is 0 Å². The maximum atomic E-state index is 13.4. The van der Waals surface area contributed by atoms with Gasteiger partial charge in [0.2, 0.25) is 0 Å². The summed E-state index contributed by atoms with van der Waals surface area (Å²) in [6.45, 7) is 2.02. The largest absolute Gasteiger partial charge is 0.268 e. The lowest BCUT2D eigenvalue weighted by Gasteiger charge is -2.12. The number of aromatic nitrogens is 2. The second kappa shape index (κ2) is 7.45. The van der Waals surface area contributed by atoms with Crippen molar-refractivity contribution in [1.29, 1.82) is 0 Å². The Morgan fingerprint density at radius 1 is 0.767 bits per heavy atom. The Labute approximate surface area is 174 Å². The summed E-state index contributed by atoms with van der Waals surface area (Å²) < 4.78 is 1.69. The molecule has 1 heterocycles. The molecular weight excluding hydrogens is 368 g/mol. The molecule has 0 radical (unpaired) electrons. The van der Waals surface area contributed by atoms with Gasteiger partial charge in [-0.25, -0.2) is 4.98 Å². The molecule has 0 aliphatic rings. The predicted octanol–water partition coefficient (Wildman–Crippen LogP) is 6.02. The summed E-state index contributed by atoms with van der Waals surface area (Å²) in [6, 6.07) is 29.9. The van der Waals surface area contributed by atoms with Crippen LogP contribution in [0.1, 0.15) is 17.0 Å². The minimum atomic E-state index is -0.0660. The van der Waals surface area contributed by atoms with Crippen molar-refractivity contribution in [2.45, 2.75) is 6.92 Å². The van der Waals surface area contributed by atoms with Crippen molar-refractivity contribution < 1.29 is 0 Å². The molecule has 0 unspecified atom stereocenters. The van der Waals surface area contributed by atoms with Gasteiger partial charge in [0.05, 0.1) is 16.6 Å². The van der Waals surface area contributed by atoms with E-state index in [-0.39, 0.29) is 5.56 Å². The molecule has 0 amide bonds. The molecule has 0 saturated heterocycles. The number of aryl methyl sites for hydroxylation is 1. The average Bonchev–Trinajstić information content (AvgIpc) is 2.78. The van der Waals surface area contributed by atoms with Gasteiger partial charge in [0.1, 0.15) is 5.82 Å². The lowest BCUT2D eigenvalue weighted by atomic mass is 10.0. The van der Waals surface area contributed by atoms with E-state index in [1.807, 2.05) is 85.8 Å². The first kappa shape index (κ1) is 18.1. The van der Waals surface area contributed by atoms with Crippen molar-refractivity contribution in [3.8, 4) is 5.69 Å². The van der Waals surface area contributed by atoms with Crippen LogP contribution in [-0.2, 0) is 0 Å². The highest BCUT2D eigenvalue weighted by atomic mass is 16.1. The Morgan fingerprint density at radius 2 is 1.50 bits per heavy atom. The van der Waals surface area contributed by atoms with Gasteiger partial charge in [-0.15, -0.1) is 0 Å². The lowest BCUT2D eigenvalue weighted by Crippen LogP contribution is -2.22. The third-order valence-corrected chi connectivity index (χ3v) is 5.30. The Hall–Kier alpha value is -3.98. The van der Waals surface area contributed by atoms with Crippen LogP contribution in [0.5, 0.6) is 0 Å². The maximum absolute atomic E-state index is 13.4. The predicted molar refractivity (Wildman–Crippen MR) is 125 cm³/mol. The smallest absolute Gasteiger partial charge is 0.266 e. The first-order chi connectivity index (χ1) is 14.7. The van der Waals surface area contributed by atoms with E-state index >= 15 is 0 Å². The first-order valence-electron chi connectivity index (χ1n) is 9.95. The van der Waals surface area contributed by atoms with Crippen molar-refractivity contribution in [2.75, 3.05) is 0 Å². The molecule has 0 spiro atoms. The van der Waals surface area contributed by atoms with Crippen LogP contribution in [-0.4, -0.2) is 9.55 Å². The molecule has 0 aliphatic heterocycles. The molecule has 0 aliphatic carbocycles. The highest BCUT2D eigenvalue weighted by Gasteiger charge is 2.11. The number of fused-ring (bicyclic) bond motifs is 2. The Bertz CT molecular complexity index is 1470. The molecule has 0 N–H and O–H groups in total. The van der Waals surface area contributed by atoms with E-state index in [2.05, 4.69) is 24.3 Å².